The van der Waals surface area contributed by atoms with Gasteiger partial charge >= 0.3 is 0 Å². The highest BCUT2D eigenvalue weighted by Crippen LogP contribution is 2.38. The molecule has 0 aromatic heterocycles. The molecule has 2 atom stereocenters. The third-order valence-electron chi connectivity index (χ3n) is 2.91. The van der Waals surface area contributed by atoms with Crippen molar-refractivity contribution in [1.29, 1.82) is 0 Å². The monoisotopic (exact) mass is 246 g/mol. The van der Waals surface area contributed by atoms with Crippen LogP contribution in [0.25, 0.3) is 0 Å². The first-order chi connectivity index (χ1) is 8.57. The Morgan fingerprint density at radius 2 is 1.94 bits per heavy atom. The van der Waals surface area contributed by atoms with Gasteiger partial charge in [0.1, 0.15) is 6.26 Å². The summed E-state index contributed by atoms with van der Waals surface area (Å²) in [5.41, 5.74) is 0.656. The number of rotatable bonds is 3. The van der Waals surface area contributed by atoms with E-state index in [1.165, 1.54) is 6.26 Å². The molecule has 0 radical (unpaired) electrons. The van der Waals surface area contributed by atoms with Crippen LogP contribution in [0.1, 0.15) is 24.2 Å². The highest BCUT2D eigenvalue weighted by Gasteiger charge is 2.51. The Morgan fingerprint density at radius 1 is 1.22 bits per heavy atom. The number of epoxide rings is 1. The molecule has 0 aliphatic carbocycles. The van der Waals surface area contributed by atoms with Crippen molar-refractivity contribution in [2.24, 2.45) is 0 Å². The molecule has 18 heavy (non-hydrogen) atoms. The van der Waals surface area contributed by atoms with E-state index in [1.54, 1.807) is 12.1 Å². The largest absolute Gasteiger partial charge is 0.457 e. The third-order valence-corrected chi connectivity index (χ3v) is 2.91. The van der Waals surface area contributed by atoms with Gasteiger partial charge < -0.3 is 14.2 Å². The van der Waals surface area contributed by atoms with Crippen molar-refractivity contribution < 1.29 is 19.0 Å². The number of hydrogen-bond acceptors (Lipinski definition) is 4. The second kappa shape index (κ2) is 3.85. The zero-order valence-corrected chi connectivity index (χ0v) is 10.3. The lowest BCUT2D eigenvalue weighted by molar-refractivity contribution is -0.118. The molecule has 94 valence electrons. The minimum Gasteiger partial charge on any atom is -0.457 e. The Hall–Kier alpha value is -1.81. The summed E-state index contributed by atoms with van der Waals surface area (Å²) < 4.78 is 16.3. The van der Waals surface area contributed by atoms with Crippen LogP contribution >= 0.6 is 0 Å². The third kappa shape index (κ3) is 1.99. The van der Waals surface area contributed by atoms with Gasteiger partial charge in [-0.1, -0.05) is 30.3 Å². The van der Waals surface area contributed by atoms with Crippen LogP contribution in [0.3, 0.4) is 0 Å². The molecule has 1 fully saturated rings. The maximum Gasteiger partial charge on any atom is 0.244 e. The van der Waals surface area contributed by atoms with E-state index in [2.05, 4.69) is 0 Å². The standard InChI is InChI=1S/C14H14O4/c1-14(2)16-8-10(18-14)12-13(17-12)11(15)9-6-4-3-5-7-9/h3-8,12-13H,1-2H3/t12-,13+/m1/s1. The maximum atomic E-state index is 12.1. The highest BCUT2D eigenvalue weighted by molar-refractivity contribution is 6.01. The average molecular weight is 246 g/mol. The van der Waals surface area contributed by atoms with Crippen LogP contribution in [0.4, 0.5) is 0 Å². The first kappa shape index (κ1) is 11.3. The van der Waals surface area contributed by atoms with Gasteiger partial charge in [0.2, 0.25) is 5.79 Å². The van der Waals surface area contributed by atoms with E-state index in [4.69, 9.17) is 14.2 Å². The van der Waals surface area contributed by atoms with Gasteiger partial charge in [-0.15, -0.1) is 0 Å². The van der Waals surface area contributed by atoms with Gasteiger partial charge in [-0.25, -0.2) is 0 Å². The summed E-state index contributed by atoms with van der Waals surface area (Å²) in [6, 6.07) is 9.11. The lowest BCUT2D eigenvalue weighted by Crippen LogP contribution is -2.21. The maximum absolute atomic E-state index is 12.1. The first-order valence-electron chi connectivity index (χ1n) is 5.88. The molecule has 0 spiro atoms. The van der Waals surface area contributed by atoms with E-state index in [0.29, 0.717) is 11.3 Å². The van der Waals surface area contributed by atoms with Crippen molar-refractivity contribution in [3.05, 3.63) is 47.9 Å². The van der Waals surface area contributed by atoms with E-state index in [1.807, 2.05) is 32.0 Å². The predicted octanol–water partition coefficient (Wildman–Crippen LogP) is 2.26. The fourth-order valence-corrected chi connectivity index (χ4v) is 1.95. The molecule has 0 bridgehead atoms. The fraction of sp³-hybridized carbons (Fsp3) is 0.357. The molecule has 4 heteroatoms. The van der Waals surface area contributed by atoms with Crippen LogP contribution in [-0.4, -0.2) is 23.8 Å². The highest BCUT2D eigenvalue weighted by atomic mass is 16.7. The lowest BCUT2D eigenvalue weighted by Gasteiger charge is -2.17. The number of ether oxygens (including phenoxy) is 3. The summed E-state index contributed by atoms with van der Waals surface area (Å²) in [7, 11) is 0. The van der Waals surface area contributed by atoms with Crippen molar-refractivity contribution in [1.82, 2.24) is 0 Å². The zero-order valence-electron chi connectivity index (χ0n) is 10.3. The average Bonchev–Trinajstić information content (AvgIpc) is 3.08. The summed E-state index contributed by atoms with van der Waals surface area (Å²) in [5.74, 6) is -0.0918. The second-order valence-electron chi connectivity index (χ2n) is 4.85. The van der Waals surface area contributed by atoms with E-state index in [0.717, 1.165) is 0 Å². The van der Waals surface area contributed by atoms with Crippen LogP contribution in [0.2, 0.25) is 0 Å². The molecule has 0 N–H and O–H groups in total. The lowest BCUT2D eigenvalue weighted by atomic mass is 10.1. The van der Waals surface area contributed by atoms with E-state index >= 15 is 0 Å². The minimum atomic E-state index is -0.665. The Labute approximate surface area is 105 Å². The second-order valence-corrected chi connectivity index (χ2v) is 4.85. The Bertz CT molecular complexity index is 504. The predicted molar refractivity (Wildman–Crippen MR) is 63.8 cm³/mol. The molecule has 2 heterocycles. The van der Waals surface area contributed by atoms with Gasteiger partial charge in [0.05, 0.1) is 0 Å². The minimum absolute atomic E-state index is 0.0187. The first-order valence-corrected chi connectivity index (χ1v) is 5.88. The summed E-state index contributed by atoms with van der Waals surface area (Å²) in [5, 5.41) is 0. The van der Waals surface area contributed by atoms with E-state index in [9.17, 15) is 4.79 Å². The molecule has 3 rings (SSSR count). The summed E-state index contributed by atoms with van der Waals surface area (Å²) in [4.78, 5) is 12.1. The van der Waals surface area contributed by atoms with Crippen molar-refractivity contribution in [2.75, 3.05) is 0 Å². The van der Waals surface area contributed by atoms with Crippen LogP contribution in [0, 0.1) is 0 Å². The number of carbonyl (C=O) groups excluding carboxylic acids is 1. The van der Waals surface area contributed by atoms with Crippen LogP contribution in [0.5, 0.6) is 0 Å². The number of Topliss-reactive ketones (excluding diaryl/α,β-unsaturated/α-hetero) is 1. The van der Waals surface area contributed by atoms with Gasteiger partial charge in [0, 0.05) is 19.4 Å². The smallest absolute Gasteiger partial charge is 0.244 e. The quantitative estimate of drug-likeness (QED) is 0.606. The molecule has 0 unspecified atom stereocenters. The fourth-order valence-electron chi connectivity index (χ4n) is 1.95. The van der Waals surface area contributed by atoms with Crippen molar-refractivity contribution in [2.45, 2.75) is 31.8 Å². The molecule has 4 nitrogen and oxygen atoms in total. The van der Waals surface area contributed by atoms with Gasteiger partial charge in [-0.05, 0) is 0 Å². The van der Waals surface area contributed by atoms with Crippen LogP contribution in [-0.2, 0) is 14.2 Å². The Kier molecular flexibility index (Phi) is 2.41. The molecule has 2 aliphatic rings. The number of ketones is 1. The number of hydrogen-bond donors (Lipinski definition) is 0. The van der Waals surface area contributed by atoms with E-state index in [-0.39, 0.29) is 11.9 Å². The number of benzene rings is 1. The molecule has 0 saturated carbocycles. The normalized spacial score (nSPS) is 28.0. The summed E-state index contributed by atoms with van der Waals surface area (Å²) in [6.07, 6.45) is 0.777. The SMILES string of the molecule is CC1(C)OC=C([C@H]2O[C@H]2C(=O)c2ccccc2)O1. The van der Waals surface area contributed by atoms with Crippen LogP contribution in [0.15, 0.2) is 42.4 Å². The number of carbonyl (C=O) groups is 1. The Morgan fingerprint density at radius 3 is 2.56 bits per heavy atom. The molecule has 2 aliphatic heterocycles. The van der Waals surface area contributed by atoms with Gasteiger partial charge in [-0.3, -0.25) is 4.79 Å². The molecule has 1 aromatic rings. The van der Waals surface area contributed by atoms with Crippen molar-refractivity contribution >= 4 is 5.78 Å². The summed E-state index contributed by atoms with van der Waals surface area (Å²) >= 11 is 0. The molecule has 1 aromatic carbocycles. The van der Waals surface area contributed by atoms with Crippen molar-refractivity contribution in [3.8, 4) is 0 Å². The Balaban J connectivity index is 1.67. The zero-order chi connectivity index (χ0) is 12.8. The summed E-state index contributed by atoms with van der Waals surface area (Å²) in [6.45, 7) is 3.62. The molecular formula is C14H14O4. The van der Waals surface area contributed by atoms with Crippen LogP contribution < -0.4 is 0 Å². The van der Waals surface area contributed by atoms with E-state index < -0.39 is 11.9 Å². The van der Waals surface area contributed by atoms with Gasteiger partial charge in [0.15, 0.2) is 23.8 Å². The molecule has 1 saturated heterocycles. The van der Waals surface area contributed by atoms with Crippen molar-refractivity contribution in [3.63, 3.8) is 0 Å². The molecular weight excluding hydrogens is 232 g/mol. The molecule has 0 amide bonds. The van der Waals surface area contributed by atoms with Gasteiger partial charge in [0.25, 0.3) is 0 Å². The topological polar surface area (TPSA) is 48.1 Å². The van der Waals surface area contributed by atoms with Gasteiger partial charge in [-0.2, -0.15) is 0 Å².